The molecule has 1 aromatic carbocycles. The average molecular weight is 321 g/mol. The van der Waals surface area contributed by atoms with Gasteiger partial charge in [-0.05, 0) is 30.3 Å². The van der Waals surface area contributed by atoms with E-state index in [1.165, 1.54) is 44.6 Å². The van der Waals surface area contributed by atoms with E-state index in [-0.39, 0.29) is 10.8 Å². The van der Waals surface area contributed by atoms with Gasteiger partial charge in [-0.15, -0.1) is 0 Å². The second-order valence-corrected chi connectivity index (χ2v) is 5.98. The van der Waals surface area contributed by atoms with Gasteiger partial charge in [0.15, 0.2) is 0 Å². The fourth-order valence-corrected chi connectivity index (χ4v) is 2.75. The number of hydrogen-bond acceptors (Lipinski definition) is 5. The van der Waals surface area contributed by atoms with E-state index in [1.807, 2.05) is 0 Å². The third kappa shape index (κ3) is 3.53. The Kier molecular flexibility index (Phi) is 4.62. The van der Waals surface area contributed by atoms with E-state index in [4.69, 9.17) is 4.74 Å². The number of methoxy groups -OCH3 is 1. The first-order valence-electron chi connectivity index (χ1n) is 6.31. The molecular weight excluding hydrogens is 306 g/mol. The van der Waals surface area contributed by atoms with Crippen LogP contribution in [0.4, 0.5) is 5.69 Å². The number of anilines is 1. The van der Waals surface area contributed by atoms with Crippen LogP contribution in [0.15, 0.2) is 47.5 Å². The van der Waals surface area contributed by atoms with Crippen LogP contribution in [0.1, 0.15) is 10.4 Å². The number of amides is 1. The van der Waals surface area contributed by atoms with Crippen molar-refractivity contribution in [2.24, 2.45) is 0 Å². The number of hydrogen-bond donors (Lipinski definition) is 2. The van der Waals surface area contributed by atoms with Gasteiger partial charge in [-0.2, -0.15) is 0 Å². The van der Waals surface area contributed by atoms with Crippen molar-refractivity contribution in [2.45, 2.75) is 4.90 Å². The van der Waals surface area contributed by atoms with Crippen molar-refractivity contribution < 1.29 is 17.9 Å². The molecule has 116 valence electrons. The van der Waals surface area contributed by atoms with Gasteiger partial charge in [0, 0.05) is 18.7 Å². The number of aromatic nitrogens is 1. The molecule has 0 aliphatic rings. The number of nitrogens with zero attached hydrogens (tertiary/aromatic N) is 1. The Labute approximate surface area is 128 Å². The third-order valence-electron chi connectivity index (χ3n) is 2.85. The number of carbonyl (C=O) groups excluding carboxylic acids is 1. The number of carbonyl (C=O) groups is 1. The molecular formula is C14H15N3O4S. The summed E-state index contributed by atoms with van der Waals surface area (Å²) in [5.41, 5.74) is 0.698. The summed E-state index contributed by atoms with van der Waals surface area (Å²) in [6.45, 7) is 0. The number of ether oxygens (including phenoxy) is 1. The van der Waals surface area contributed by atoms with Gasteiger partial charge in [-0.3, -0.25) is 9.52 Å². The zero-order valence-corrected chi connectivity index (χ0v) is 12.8. The predicted octanol–water partition coefficient (Wildman–Crippen LogP) is 1.25. The number of benzene rings is 1. The average Bonchev–Trinajstić information content (AvgIpc) is 2.54. The molecule has 22 heavy (non-hydrogen) atoms. The minimum atomic E-state index is -3.74. The third-order valence-corrected chi connectivity index (χ3v) is 4.25. The Morgan fingerprint density at radius 3 is 2.32 bits per heavy atom. The molecule has 8 heteroatoms. The SMILES string of the molecule is CNC(=O)c1ccc(S(=O)(=O)Nc2ccc(OC)nc2)cc1. The van der Waals surface area contributed by atoms with E-state index in [2.05, 4.69) is 15.0 Å². The van der Waals surface area contributed by atoms with Crippen LogP contribution in [0.3, 0.4) is 0 Å². The van der Waals surface area contributed by atoms with Gasteiger partial charge in [0.05, 0.1) is 23.9 Å². The molecule has 0 spiro atoms. The van der Waals surface area contributed by atoms with Crippen LogP contribution in [0, 0.1) is 0 Å². The molecule has 0 saturated heterocycles. The first-order chi connectivity index (χ1) is 10.5. The maximum absolute atomic E-state index is 12.2. The molecule has 2 N–H and O–H groups in total. The molecule has 0 bridgehead atoms. The van der Waals surface area contributed by atoms with E-state index in [0.717, 1.165) is 0 Å². The predicted molar refractivity (Wildman–Crippen MR) is 81.4 cm³/mol. The van der Waals surface area contributed by atoms with Crippen LogP contribution in [0.25, 0.3) is 0 Å². The lowest BCUT2D eigenvalue weighted by Gasteiger charge is -2.08. The van der Waals surface area contributed by atoms with Crippen molar-refractivity contribution in [3.63, 3.8) is 0 Å². The monoisotopic (exact) mass is 321 g/mol. The van der Waals surface area contributed by atoms with Gasteiger partial charge in [0.25, 0.3) is 15.9 Å². The van der Waals surface area contributed by atoms with E-state index in [9.17, 15) is 13.2 Å². The Morgan fingerprint density at radius 2 is 1.82 bits per heavy atom. The molecule has 0 aliphatic heterocycles. The highest BCUT2D eigenvalue weighted by Gasteiger charge is 2.15. The highest BCUT2D eigenvalue weighted by Crippen LogP contribution is 2.17. The number of pyridine rings is 1. The zero-order valence-electron chi connectivity index (χ0n) is 12.0. The number of rotatable bonds is 5. The summed E-state index contributed by atoms with van der Waals surface area (Å²) in [7, 11) is -0.767. The Morgan fingerprint density at radius 1 is 1.14 bits per heavy atom. The first-order valence-corrected chi connectivity index (χ1v) is 7.79. The zero-order chi connectivity index (χ0) is 16.2. The topological polar surface area (TPSA) is 97.4 Å². The van der Waals surface area contributed by atoms with E-state index >= 15 is 0 Å². The summed E-state index contributed by atoms with van der Waals surface area (Å²) in [6, 6.07) is 8.71. The fourth-order valence-electron chi connectivity index (χ4n) is 1.71. The molecule has 0 unspecified atom stereocenters. The van der Waals surface area contributed by atoms with Crippen LogP contribution in [0.2, 0.25) is 0 Å². The molecule has 1 amide bonds. The van der Waals surface area contributed by atoms with Crippen LogP contribution < -0.4 is 14.8 Å². The van der Waals surface area contributed by atoms with Crippen molar-refractivity contribution in [2.75, 3.05) is 18.9 Å². The molecule has 2 aromatic rings. The summed E-state index contributed by atoms with van der Waals surface area (Å²) < 4.78 is 31.8. The van der Waals surface area contributed by atoms with E-state index in [1.54, 1.807) is 12.1 Å². The minimum absolute atomic E-state index is 0.0518. The van der Waals surface area contributed by atoms with Crippen molar-refractivity contribution in [3.8, 4) is 5.88 Å². The van der Waals surface area contributed by atoms with E-state index in [0.29, 0.717) is 17.1 Å². The van der Waals surface area contributed by atoms with Crippen LogP contribution in [-0.4, -0.2) is 33.5 Å². The Bertz CT molecular complexity index is 756. The molecule has 2 rings (SSSR count). The van der Waals surface area contributed by atoms with Crippen LogP contribution >= 0.6 is 0 Å². The van der Waals surface area contributed by atoms with Gasteiger partial charge in [-0.1, -0.05) is 0 Å². The van der Waals surface area contributed by atoms with Gasteiger partial charge in [0.1, 0.15) is 0 Å². The number of sulfonamides is 1. The molecule has 1 heterocycles. The highest BCUT2D eigenvalue weighted by molar-refractivity contribution is 7.92. The molecule has 0 aliphatic carbocycles. The minimum Gasteiger partial charge on any atom is -0.481 e. The summed E-state index contributed by atoms with van der Waals surface area (Å²) >= 11 is 0. The highest BCUT2D eigenvalue weighted by atomic mass is 32.2. The standard InChI is InChI=1S/C14H15N3O4S/c1-15-14(18)10-3-6-12(7-4-10)22(19,20)17-11-5-8-13(21-2)16-9-11/h3-9,17H,1-2H3,(H,15,18). The lowest BCUT2D eigenvalue weighted by molar-refractivity contribution is 0.0963. The quantitative estimate of drug-likeness (QED) is 0.864. The van der Waals surface area contributed by atoms with Crippen molar-refractivity contribution in [1.29, 1.82) is 0 Å². The van der Waals surface area contributed by atoms with Gasteiger partial charge < -0.3 is 10.1 Å². The largest absolute Gasteiger partial charge is 0.481 e. The maximum Gasteiger partial charge on any atom is 0.261 e. The lowest BCUT2D eigenvalue weighted by Crippen LogP contribution is -2.18. The van der Waals surface area contributed by atoms with Crippen LogP contribution in [-0.2, 0) is 10.0 Å². The van der Waals surface area contributed by atoms with Gasteiger partial charge >= 0.3 is 0 Å². The fraction of sp³-hybridized carbons (Fsp3) is 0.143. The molecule has 0 saturated carbocycles. The summed E-state index contributed by atoms with van der Waals surface area (Å²) in [5, 5.41) is 2.47. The number of nitrogens with one attached hydrogen (secondary N) is 2. The van der Waals surface area contributed by atoms with Crippen molar-refractivity contribution >= 4 is 21.6 Å². The second-order valence-electron chi connectivity index (χ2n) is 4.30. The molecule has 0 radical (unpaired) electrons. The summed E-state index contributed by atoms with van der Waals surface area (Å²) in [6.07, 6.45) is 1.36. The maximum atomic E-state index is 12.2. The summed E-state index contributed by atoms with van der Waals surface area (Å²) in [5.74, 6) is 0.106. The van der Waals surface area contributed by atoms with E-state index < -0.39 is 10.0 Å². The lowest BCUT2D eigenvalue weighted by atomic mass is 10.2. The van der Waals surface area contributed by atoms with Crippen molar-refractivity contribution in [3.05, 3.63) is 48.2 Å². The molecule has 0 fully saturated rings. The summed E-state index contributed by atoms with van der Waals surface area (Å²) in [4.78, 5) is 15.4. The molecule has 7 nitrogen and oxygen atoms in total. The normalized spacial score (nSPS) is 10.8. The van der Waals surface area contributed by atoms with Crippen molar-refractivity contribution in [1.82, 2.24) is 10.3 Å². The van der Waals surface area contributed by atoms with Gasteiger partial charge in [-0.25, -0.2) is 13.4 Å². The Hall–Kier alpha value is -2.61. The smallest absolute Gasteiger partial charge is 0.261 e. The second kappa shape index (κ2) is 6.44. The first kappa shape index (κ1) is 15.8. The van der Waals surface area contributed by atoms with Gasteiger partial charge in [0.2, 0.25) is 5.88 Å². The molecule has 0 atom stereocenters. The Balaban J connectivity index is 2.20. The van der Waals surface area contributed by atoms with Crippen LogP contribution in [0.5, 0.6) is 5.88 Å². The molecule has 1 aromatic heterocycles.